The fourth-order valence-corrected chi connectivity index (χ4v) is 4.41. The lowest BCUT2D eigenvalue weighted by Gasteiger charge is -2.35. The van der Waals surface area contributed by atoms with E-state index in [0.717, 1.165) is 29.8 Å². The Balaban J connectivity index is 1.25. The first kappa shape index (κ1) is 24.1. The molecular weight excluding hydrogens is 450 g/mol. The minimum Gasteiger partial charge on any atom is -0.454 e. The first-order valence-corrected chi connectivity index (χ1v) is 11.5. The van der Waals surface area contributed by atoms with Crippen LogP contribution in [0.15, 0.2) is 64.8 Å². The third-order valence-corrected chi connectivity index (χ3v) is 6.32. The number of nitrogens with zero attached hydrogens (tertiary/aromatic N) is 4. The van der Waals surface area contributed by atoms with Gasteiger partial charge in [0.25, 0.3) is 11.8 Å². The number of urea groups is 1. The van der Waals surface area contributed by atoms with Crippen LogP contribution < -0.4 is 5.32 Å². The maximum absolute atomic E-state index is 12.9. The highest BCUT2D eigenvalue weighted by Gasteiger charge is 2.55. The molecule has 0 unspecified atom stereocenters. The van der Waals surface area contributed by atoms with Gasteiger partial charge in [-0.1, -0.05) is 37.5 Å². The Labute approximate surface area is 202 Å². The van der Waals surface area contributed by atoms with E-state index < -0.39 is 36.6 Å². The van der Waals surface area contributed by atoms with E-state index in [4.69, 9.17) is 4.74 Å². The molecule has 35 heavy (non-hydrogen) atoms. The molecule has 0 aromatic heterocycles. The van der Waals surface area contributed by atoms with Crippen LogP contribution in [0, 0.1) is 0 Å². The lowest BCUT2D eigenvalue weighted by Crippen LogP contribution is -2.49. The van der Waals surface area contributed by atoms with Gasteiger partial charge in [0, 0.05) is 12.7 Å². The fraction of sp³-hybridized carbons (Fsp3) is 0.360. The van der Waals surface area contributed by atoms with Crippen molar-refractivity contribution in [2.24, 2.45) is 10.2 Å². The van der Waals surface area contributed by atoms with Crippen molar-refractivity contribution >= 4 is 40.9 Å². The Kier molecular flexibility index (Phi) is 7.19. The summed E-state index contributed by atoms with van der Waals surface area (Å²) in [6.45, 7) is -1.05. The molecule has 4 rings (SSSR count). The highest BCUT2D eigenvalue weighted by atomic mass is 16.5. The van der Waals surface area contributed by atoms with Gasteiger partial charge in [-0.05, 0) is 49.2 Å². The van der Waals surface area contributed by atoms with Gasteiger partial charge in [-0.2, -0.15) is 10.2 Å². The van der Waals surface area contributed by atoms with Crippen molar-refractivity contribution in [2.45, 2.75) is 37.6 Å². The standard InChI is InChI=1S/C25H27N5O5/c1-29-24(34)30(23(33)25(29)14-6-3-7-15-25)16-22(32)35-17-21(31)26-18-10-12-20(13-11-18)28-27-19-8-4-2-5-9-19/h2,4-5,8-13H,3,6-7,14-17H2,1H3,(H,26,31). The number of ether oxygens (including phenoxy) is 1. The second kappa shape index (κ2) is 10.5. The Morgan fingerprint density at radius 3 is 2.23 bits per heavy atom. The summed E-state index contributed by atoms with van der Waals surface area (Å²) in [5.74, 6) is -1.73. The molecular formula is C25H27N5O5. The zero-order valence-corrected chi connectivity index (χ0v) is 19.5. The zero-order chi connectivity index (χ0) is 24.8. The molecule has 182 valence electrons. The second-order valence-corrected chi connectivity index (χ2v) is 8.62. The molecule has 4 amide bonds. The first-order chi connectivity index (χ1) is 16.9. The van der Waals surface area contributed by atoms with Gasteiger partial charge in [-0.25, -0.2) is 4.79 Å². The van der Waals surface area contributed by atoms with Crippen molar-refractivity contribution in [2.75, 3.05) is 25.5 Å². The van der Waals surface area contributed by atoms with E-state index in [0.29, 0.717) is 24.2 Å². The van der Waals surface area contributed by atoms with Crippen molar-refractivity contribution in [3.63, 3.8) is 0 Å². The van der Waals surface area contributed by atoms with Crippen LogP contribution in [0.5, 0.6) is 0 Å². The number of benzene rings is 2. The van der Waals surface area contributed by atoms with E-state index in [-0.39, 0.29) is 5.91 Å². The summed E-state index contributed by atoms with van der Waals surface area (Å²) in [6, 6.07) is 15.5. The van der Waals surface area contributed by atoms with Crippen LogP contribution in [0.3, 0.4) is 0 Å². The predicted molar refractivity (Wildman–Crippen MR) is 127 cm³/mol. The van der Waals surface area contributed by atoms with Crippen LogP contribution in [0.4, 0.5) is 21.9 Å². The number of imide groups is 1. The number of amides is 4. The maximum Gasteiger partial charge on any atom is 0.327 e. The van der Waals surface area contributed by atoms with Gasteiger partial charge in [0.05, 0.1) is 11.4 Å². The summed E-state index contributed by atoms with van der Waals surface area (Å²) in [5.41, 5.74) is 0.971. The number of carbonyl (C=O) groups is 4. The molecule has 0 radical (unpaired) electrons. The summed E-state index contributed by atoms with van der Waals surface area (Å²) >= 11 is 0. The van der Waals surface area contributed by atoms with Gasteiger partial charge in [-0.15, -0.1) is 0 Å². The zero-order valence-electron chi connectivity index (χ0n) is 19.5. The van der Waals surface area contributed by atoms with Crippen molar-refractivity contribution in [3.8, 4) is 0 Å². The van der Waals surface area contributed by atoms with Crippen LogP contribution in [-0.2, 0) is 19.1 Å². The van der Waals surface area contributed by atoms with E-state index >= 15 is 0 Å². The van der Waals surface area contributed by atoms with Gasteiger partial charge in [0.15, 0.2) is 6.61 Å². The normalized spacial score (nSPS) is 17.3. The van der Waals surface area contributed by atoms with E-state index in [9.17, 15) is 19.2 Å². The Bertz CT molecular complexity index is 1130. The van der Waals surface area contributed by atoms with Crippen LogP contribution in [0.1, 0.15) is 32.1 Å². The van der Waals surface area contributed by atoms with E-state index in [1.54, 1.807) is 31.3 Å². The summed E-state index contributed by atoms with van der Waals surface area (Å²) in [6.07, 6.45) is 3.93. The van der Waals surface area contributed by atoms with Crippen molar-refractivity contribution in [1.29, 1.82) is 0 Å². The number of carbonyl (C=O) groups excluding carboxylic acids is 4. The Morgan fingerprint density at radius 2 is 1.57 bits per heavy atom. The lowest BCUT2D eigenvalue weighted by atomic mass is 9.81. The number of esters is 1. The van der Waals surface area contributed by atoms with E-state index in [1.165, 1.54) is 4.90 Å². The van der Waals surface area contributed by atoms with Gasteiger partial charge in [0.1, 0.15) is 12.1 Å². The minimum atomic E-state index is -0.861. The number of hydrogen-bond acceptors (Lipinski definition) is 7. The minimum absolute atomic E-state index is 0.365. The molecule has 10 heteroatoms. The number of rotatable bonds is 7. The average Bonchev–Trinajstić information content (AvgIpc) is 3.04. The molecule has 0 atom stereocenters. The molecule has 1 aliphatic heterocycles. The van der Waals surface area contributed by atoms with Crippen LogP contribution in [-0.4, -0.2) is 59.4 Å². The average molecular weight is 478 g/mol. The summed E-state index contributed by atoms with van der Waals surface area (Å²) < 4.78 is 5.01. The lowest BCUT2D eigenvalue weighted by molar-refractivity contribution is -0.150. The van der Waals surface area contributed by atoms with Crippen molar-refractivity contribution in [1.82, 2.24) is 9.80 Å². The maximum atomic E-state index is 12.9. The highest BCUT2D eigenvalue weighted by Crippen LogP contribution is 2.39. The molecule has 1 spiro atoms. The highest BCUT2D eigenvalue weighted by molar-refractivity contribution is 6.08. The van der Waals surface area contributed by atoms with Gasteiger partial charge < -0.3 is 15.0 Å². The predicted octanol–water partition coefficient (Wildman–Crippen LogP) is 4.18. The summed E-state index contributed by atoms with van der Waals surface area (Å²) in [5, 5.41) is 10.9. The van der Waals surface area contributed by atoms with Gasteiger partial charge in [0.2, 0.25) is 0 Å². The quantitative estimate of drug-likeness (QED) is 0.364. The molecule has 1 saturated carbocycles. The van der Waals surface area contributed by atoms with Crippen LogP contribution in [0.25, 0.3) is 0 Å². The molecule has 2 aromatic rings. The second-order valence-electron chi connectivity index (χ2n) is 8.62. The summed E-state index contributed by atoms with van der Waals surface area (Å²) in [7, 11) is 1.60. The number of likely N-dealkylation sites (N-methyl/N-ethyl adjacent to an activating group) is 1. The SMILES string of the molecule is CN1C(=O)N(CC(=O)OCC(=O)Nc2ccc(N=Nc3ccccc3)cc2)C(=O)C12CCCCC2. The number of hydrogen-bond donors (Lipinski definition) is 1. The molecule has 1 N–H and O–H groups in total. The smallest absolute Gasteiger partial charge is 0.327 e. The number of nitrogens with one attached hydrogen (secondary N) is 1. The van der Waals surface area contributed by atoms with Crippen molar-refractivity contribution < 1.29 is 23.9 Å². The van der Waals surface area contributed by atoms with E-state index in [1.807, 2.05) is 30.3 Å². The third-order valence-electron chi connectivity index (χ3n) is 6.32. The molecule has 0 bridgehead atoms. The first-order valence-electron chi connectivity index (χ1n) is 11.5. The molecule has 1 aliphatic carbocycles. The fourth-order valence-electron chi connectivity index (χ4n) is 4.41. The van der Waals surface area contributed by atoms with Crippen molar-refractivity contribution in [3.05, 3.63) is 54.6 Å². The Morgan fingerprint density at radius 1 is 0.943 bits per heavy atom. The van der Waals surface area contributed by atoms with E-state index in [2.05, 4.69) is 15.5 Å². The monoisotopic (exact) mass is 477 g/mol. The van der Waals surface area contributed by atoms with Gasteiger partial charge >= 0.3 is 12.0 Å². The molecule has 1 saturated heterocycles. The van der Waals surface area contributed by atoms with Crippen LogP contribution >= 0.6 is 0 Å². The third kappa shape index (κ3) is 5.37. The summed E-state index contributed by atoms with van der Waals surface area (Å²) in [4.78, 5) is 52.3. The largest absolute Gasteiger partial charge is 0.454 e. The molecule has 2 fully saturated rings. The Hall–Kier alpha value is -4.08. The van der Waals surface area contributed by atoms with Gasteiger partial charge in [-0.3, -0.25) is 19.3 Å². The molecule has 2 aliphatic rings. The molecule has 1 heterocycles. The number of anilines is 1. The molecule has 2 aromatic carbocycles. The molecule has 10 nitrogen and oxygen atoms in total. The topological polar surface area (TPSA) is 121 Å². The van der Waals surface area contributed by atoms with Crippen LogP contribution in [0.2, 0.25) is 0 Å². The number of azo groups is 1.